The molecular formula is C76H238P28Pt8+28. The maximum absolute atomic E-state index is 2.39. The second kappa shape index (κ2) is 146. The van der Waals surface area contributed by atoms with Gasteiger partial charge in [0.2, 0.25) is 0 Å². The Morgan fingerprint density at radius 1 is 0.0893 bits per heavy atom. The molecule has 0 aromatic carbocycles. The minimum absolute atomic E-state index is 0. The molecule has 0 aliphatic rings. The van der Waals surface area contributed by atoms with Gasteiger partial charge in [-0.1, -0.05) is 39.5 Å². The van der Waals surface area contributed by atoms with Crippen LogP contribution in [-0.2, 0) is 169 Å². The Labute approximate surface area is 873 Å². The van der Waals surface area contributed by atoms with Gasteiger partial charge in [-0.15, -0.1) is 0 Å². The van der Waals surface area contributed by atoms with E-state index in [-0.39, 0.29) is 390 Å². The minimum Gasteiger partial charge on any atom is -0.0654 e. The summed E-state index contributed by atoms with van der Waals surface area (Å²) in [5, 5.41) is 0. The number of hydrogen-bond acceptors (Lipinski definition) is 0. The predicted octanol–water partition coefficient (Wildman–Crippen LogP) is 29.0. The number of hydrogen-bond donors (Lipinski definition) is 0. The SMILES string of the molecule is CCCCCC.C[PH+](C)C[PH+](C)C.C[PH+](C)C[PH+](C)C.C[PH+](C)C[PH+](C)C.C[PH+](C)C[PH+](C)C.C[PH+](C)C[PH+](C)C.C[PH+](C)C[PH+](C)C.C[PH+](C)C[PH+](C)C.C[PH+](C)C[PH+](C)C.C[PH+](C)C[PH+](C)C.C[PH+](C)C[PH+](C)C.C[PH+](C)C[PH+](C)C.C[PH+](C)C[PH+](C)C.C[PH+](C)C[PH+](C)C.C[PH+](C)C[PH+](C)C.[Pt].[Pt].[Pt].[Pt].[Pt].[Pt].[Pt].[Pt]. The van der Waals surface area contributed by atoms with Gasteiger partial charge in [0.15, 0.2) is 82.6 Å². The molecule has 0 amide bonds. The van der Waals surface area contributed by atoms with E-state index in [2.05, 4.69) is 387 Å². The zero-order valence-electron chi connectivity index (χ0n) is 87.3. The van der Waals surface area contributed by atoms with Crippen molar-refractivity contribution in [1.82, 2.24) is 0 Å². The van der Waals surface area contributed by atoms with Crippen LogP contribution < -0.4 is 0 Å². The van der Waals surface area contributed by atoms with Gasteiger partial charge in [-0.05, 0) is 0 Å². The molecule has 112 heavy (non-hydrogen) atoms. The third-order valence-electron chi connectivity index (χ3n) is 10.9. The normalized spacial score (nSPS) is 10.2. The Kier molecular flexibility index (Phi) is 246. The van der Waals surface area contributed by atoms with Gasteiger partial charge in [0.25, 0.3) is 0 Å². The second-order valence-electron chi connectivity index (χ2n) is 38.0. The summed E-state index contributed by atoms with van der Waals surface area (Å²) in [6, 6.07) is 0. The fourth-order valence-electron chi connectivity index (χ4n) is 10.4. The molecular weight excluding hydrogens is 3340 g/mol. The largest absolute Gasteiger partial charge is 0.154 e. The third kappa shape index (κ3) is 349. The van der Waals surface area contributed by atoms with Gasteiger partial charge in [0.1, 0.15) is 0 Å². The average molecular weight is 3580 g/mol. The molecule has 0 rings (SSSR count). The van der Waals surface area contributed by atoms with Gasteiger partial charge in [-0.3, -0.25) is 0 Å². The van der Waals surface area contributed by atoms with Crippen LogP contribution in [0, 0.1) is 0 Å². The number of rotatable bonds is 31. The molecule has 0 atom stereocenters. The molecule has 0 fully saturated rings. The van der Waals surface area contributed by atoms with E-state index in [0.29, 0.717) is 0 Å². The summed E-state index contributed by atoms with van der Waals surface area (Å²) < 4.78 is 0. The van der Waals surface area contributed by atoms with Crippen molar-refractivity contribution in [3.63, 3.8) is 0 Å². The van der Waals surface area contributed by atoms with Crippen LogP contribution >= 0.6 is 222 Å². The summed E-state index contributed by atoms with van der Waals surface area (Å²) in [7, 11) is 3.11. The summed E-state index contributed by atoms with van der Waals surface area (Å²) in [5.41, 5.74) is 0. The standard InChI is InChI=1S/C6H14.14C5H14P2.8Pt/c1-3-5-6-4-2;14*1-6(2)5-7(3)4;;;;;;;;/h3-6H2,1-2H3;14*5H2,1-4H3;;;;;;;;/p+28. The molecule has 0 aromatic rings. The van der Waals surface area contributed by atoms with Crippen molar-refractivity contribution < 1.29 is 169 Å². The Bertz CT molecular complexity index is 973. The molecule has 0 bridgehead atoms. The van der Waals surface area contributed by atoms with Gasteiger partial charge in [0, 0.05) is 764 Å². The van der Waals surface area contributed by atoms with Crippen molar-refractivity contribution in [3.05, 3.63) is 0 Å². The van der Waals surface area contributed by atoms with E-state index in [9.17, 15) is 0 Å². The van der Waals surface area contributed by atoms with Crippen molar-refractivity contribution >= 4 is 222 Å². The summed E-state index contributed by atoms with van der Waals surface area (Å²) in [6.07, 6.45) is 5.54. The molecule has 0 heterocycles. The van der Waals surface area contributed by atoms with Crippen molar-refractivity contribution in [2.24, 2.45) is 0 Å². The molecule has 0 N–H and O–H groups in total. The molecule has 0 aliphatic heterocycles. The van der Waals surface area contributed by atoms with Crippen LogP contribution in [0.1, 0.15) is 39.5 Å². The number of unbranched alkanes of at least 4 members (excludes halogenated alkanes) is 3. The molecule has 0 saturated heterocycles. The van der Waals surface area contributed by atoms with Gasteiger partial charge >= 0.3 is 0 Å². The van der Waals surface area contributed by atoms with E-state index >= 15 is 0 Å². The zero-order valence-corrected chi connectivity index (χ0v) is 133. The van der Waals surface area contributed by atoms with E-state index in [1.807, 2.05) is 0 Å². The van der Waals surface area contributed by atoms with Gasteiger partial charge in [-0.25, -0.2) is 0 Å². The molecule has 0 radical (unpaired) electrons. The van der Waals surface area contributed by atoms with Crippen molar-refractivity contribution in [2.75, 3.05) is 456 Å². The summed E-state index contributed by atoms with van der Waals surface area (Å²) in [4.78, 5) is 0. The Hall–Kier alpha value is 17.5. The maximum Gasteiger partial charge on any atom is 0.154 e. The molecule has 0 saturated carbocycles. The first-order chi connectivity index (χ1) is 46.7. The summed E-state index contributed by atoms with van der Waals surface area (Å²) in [6.45, 7) is 138. The van der Waals surface area contributed by atoms with Crippen molar-refractivity contribution in [2.45, 2.75) is 39.5 Å². The molecule has 0 nitrogen and oxygen atoms in total. The van der Waals surface area contributed by atoms with E-state index in [4.69, 9.17) is 0 Å². The van der Waals surface area contributed by atoms with E-state index < -0.39 is 0 Å². The summed E-state index contributed by atoms with van der Waals surface area (Å²) >= 11 is 0. The molecule has 0 unspecified atom stereocenters. The van der Waals surface area contributed by atoms with E-state index in [0.717, 1.165) is 0 Å². The first kappa shape index (κ1) is 189. The van der Waals surface area contributed by atoms with Crippen LogP contribution in [0.5, 0.6) is 0 Å². The van der Waals surface area contributed by atoms with Crippen LogP contribution in [-0.4, -0.2) is 456 Å². The monoisotopic (exact) mass is 3580 g/mol. The topological polar surface area (TPSA) is 0 Å². The van der Waals surface area contributed by atoms with Gasteiger partial charge in [0.05, 0.1) is 0 Å². The van der Waals surface area contributed by atoms with Crippen LogP contribution in [0.25, 0.3) is 0 Å². The quantitative estimate of drug-likeness (QED) is 0.0479. The van der Waals surface area contributed by atoms with Crippen molar-refractivity contribution in [3.8, 4) is 0 Å². The van der Waals surface area contributed by atoms with Crippen LogP contribution in [0.3, 0.4) is 0 Å². The Morgan fingerprint density at radius 3 is 0.134 bits per heavy atom. The maximum atomic E-state index is 2.39. The predicted molar refractivity (Wildman–Crippen MR) is 663 cm³/mol. The van der Waals surface area contributed by atoms with Gasteiger partial charge in [-0.2, -0.15) is 0 Å². The molecule has 0 spiro atoms. The third-order valence-corrected chi connectivity index (χ3v) is 90.1. The fraction of sp³-hybridized carbons (Fsp3) is 1.00. The van der Waals surface area contributed by atoms with E-state index in [1.54, 1.807) is 82.6 Å². The Balaban J connectivity index is -0.0000000359. The second-order valence-corrected chi connectivity index (χ2v) is 125. The first-order valence-corrected chi connectivity index (χ1v) is 117. The minimum atomic E-state index is 0. The van der Waals surface area contributed by atoms with Crippen molar-refractivity contribution in [1.29, 1.82) is 0 Å². The fourth-order valence-corrected chi connectivity index (χ4v) is 89.6. The zero-order chi connectivity index (χ0) is 86.9. The average Bonchev–Trinajstić information content (AvgIpc) is 3.32. The Morgan fingerprint density at radius 2 is 0.125 bits per heavy atom. The molecule has 36 heteroatoms. The smallest absolute Gasteiger partial charge is 0.0654 e. The molecule has 0 aliphatic carbocycles. The van der Waals surface area contributed by atoms with E-state index in [1.165, 1.54) is 25.7 Å². The first-order valence-electron chi connectivity index (χ1n) is 40.8. The summed E-state index contributed by atoms with van der Waals surface area (Å²) in [5.74, 6) is 21.9. The van der Waals surface area contributed by atoms with Gasteiger partial charge < -0.3 is 0 Å². The van der Waals surface area contributed by atoms with Crippen LogP contribution in [0.15, 0.2) is 0 Å². The molecule has 734 valence electrons. The molecule has 0 aromatic heterocycles. The van der Waals surface area contributed by atoms with Crippen LogP contribution in [0.2, 0.25) is 0 Å². The van der Waals surface area contributed by atoms with Crippen LogP contribution in [0.4, 0.5) is 0 Å².